The van der Waals surface area contributed by atoms with Crippen molar-refractivity contribution in [1.29, 1.82) is 0 Å². The highest BCUT2D eigenvalue weighted by Gasteiger charge is 2.38. The predicted molar refractivity (Wildman–Crippen MR) is 111 cm³/mol. The number of halogens is 2. The zero-order chi connectivity index (χ0) is 18.3. The van der Waals surface area contributed by atoms with Gasteiger partial charge in [0.2, 0.25) is 0 Å². The fourth-order valence-corrected chi connectivity index (χ4v) is 6.58. The quantitative estimate of drug-likeness (QED) is 0.469. The molecule has 3 heterocycles. The van der Waals surface area contributed by atoms with E-state index in [-0.39, 0.29) is 10.9 Å². The van der Waals surface area contributed by atoms with Crippen LogP contribution in [-0.4, -0.2) is 18.5 Å². The van der Waals surface area contributed by atoms with Gasteiger partial charge in [-0.05, 0) is 63.8 Å². The van der Waals surface area contributed by atoms with E-state index in [1.807, 2.05) is 29.6 Å². The smallest absolute Gasteiger partial charge is 0.200 e. The second-order valence-electron chi connectivity index (χ2n) is 5.62. The van der Waals surface area contributed by atoms with Gasteiger partial charge in [-0.1, -0.05) is 17.7 Å². The van der Waals surface area contributed by atoms with E-state index in [0.717, 1.165) is 19.3 Å². The molecule has 1 aliphatic heterocycles. The zero-order valence-corrected chi connectivity index (χ0v) is 18.0. The van der Waals surface area contributed by atoms with Crippen LogP contribution >= 0.6 is 50.2 Å². The summed E-state index contributed by atoms with van der Waals surface area (Å²) >= 11 is 12.4. The molecule has 1 unspecified atom stereocenters. The minimum absolute atomic E-state index is 0.179. The standard InChI is InChI=1S/C17H12BrClN2O2S3/c18-17-8-7-16(25-17)14-10-13(15-2-1-9-24-15)20-21(14)26(22,23)12-5-3-11(19)4-6-12/h1-9,14H,10H2. The summed E-state index contributed by atoms with van der Waals surface area (Å²) in [7, 11) is -3.78. The number of benzene rings is 1. The fourth-order valence-electron chi connectivity index (χ4n) is 2.74. The van der Waals surface area contributed by atoms with Crippen LogP contribution < -0.4 is 0 Å². The highest BCUT2D eigenvalue weighted by molar-refractivity contribution is 9.11. The van der Waals surface area contributed by atoms with Crippen LogP contribution in [0.2, 0.25) is 5.02 Å². The van der Waals surface area contributed by atoms with E-state index in [2.05, 4.69) is 21.0 Å². The SMILES string of the molecule is O=S(=O)(c1ccc(Cl)cc1)N1N=C(c2cccs2)CC1c1ccc(Br)s1. The summed E-state index contributed by atoms with van der Waals surface area (Å²) in [5.41, 5.74) is 0.784. The van der Waals surface area contributed by atoms with Crippen LogP contribution in [0, 0.1) is 0 Å². The van der Waals surface area contributed by atoms with Gasteiger partial charge in [-0.2, -0.15) is 17.9 Å². The van der Waals surface area contributed by atoms with Crippen LogP contribution in [0.4, 0.5) is 0 Å². The summed E-state index contributed by atoms with van der Waals surface area (Å²) in [6.07, 6.45) is 0.542. The Labute approximate surface area is 172 Å². The average molecular weight is 488 g/mol. The van der Waals surface area contributed by atoms with Gasteiger partial charge in [-0.15, -0.1) is 22.7 Å². The lowest BCUT2D eigenvalue weighted by Gasteiger charge is -2.22. The molecule has 0 bridgehead atoms. The van der Waals surface area contributed by atoms with Gasteiger partial charge < -0.3 is 0 Å². The van der Waals surface area contributed by atoms with Gasteiger partial charge in [-0.25, -0.2) is 0 Å². The number of sulfonamides is 1. The number of thiophene rings is 2. The van der Waals surface area contributed by atoms with Crippen LogP contribution in [0.25, 0.3) is 0 Å². The van der Waals surface area contributed by atoms with E-state index in [0.29, 0.717) is 11.4 Å². The summed E-state index contributed by atoms with van der Waals surface area (Å²) in [4.78, 5) is 2.11. The summed E-state index contributed by atoms with van der Waals surface area (Å²) < 4.78 is 28.6. The van der Waals surface area contributed by atoms with Crippen LogP contribution in [0.15, 0.2) is 67.7 Å². The molecule has 3 aromatic rings. The first-order valence-corrected chi connectivity index (χ1v) is 11.9. The Morgan fingerprint density at radius 2 is 1.92 bits per heavy atom. The van der Waals surface area contributed by atoms with Gasteiger partial charge in [0.05, 0.1) is 19.3 Å². The van der Waals surface area contributed by atoms with Crippen molar-refractivity contribution in [3.8, 4) is 0 Å². The minimum atomic E-state index is -3.78. The molecule has 1 aromatic carbocycles. The Kier molecular flexibility index (Phi) is 4.96. The van der Waals surface area contributed by atoms with Gasteiger partial charge in [-0.3, -0.25) is 0 Å². The van der Waals surface area contributed by atoms with Crippen molar-refractivity contribution in [2.75, 3.05) is 0 Å². The number of hydrazone groups is 1. The third-order valence-corrected chi connectivity index (χ3v) is 8.55. The number of hydrogen-bond donors (Lipinski definition) is 0. The second kappa shape index (κ2) is 7.09. The van der Waals surface area contributed by atoms with E-state index in [1.54, 1.807) is 23.5 Å². The first-order chi connectivity index (χ1) is 12.4. The molecule has 1 atom stereocenters. The first kappa shape index (κ1) is 18.2. The number of nitrogens with zero attached hydrogens (tertiary/aromatic N) is 2. The Morgan fingerprint density at radius 1 is 1.15 bits per heavy atom. The Morgan fingerprint density at radius 3 is 2.54 bits per heavy atom. The predicted octanol–water partition coefficient (Wildman–Crippen LogP) is 5.77. The molecule has 0 saturated carbocycles. The average Bonchev–Trinajstić information content (AvgIpc) is 3.35. The molecule has 1 aliphatic rings. The topological polar surface area (TPSA) is 49.7 Å². The fraction of sp³-hybridized carbons (Fsp3) is 0.118. The van der Waals surface area contributed by atoms with Crippen LogP contribution in [0.5, 0.6) is 0 Å². The molecular weight excluding hydrogens is 476 g/mol. The highest BCUT2D eigenvalue weighted by atomic mass is 79.9. The molecule has 2 aromatic heterocycles. The lowest BCUT2D eigenvalue weighted by Crippen LogP contribution is -2.26. The monoisotopic (exact) mass is 486 g/mol. The third-order valence-electron chi connectivity index (χ3n) is 3.96. The van der Waals surface area contributed by atoms with Crippen LogP contribution in [0.3, 0.4) is 0 Å². The van der Waals surface area contributed by atoms with E-state index >= 15 is 0 Å². The molecular formula is C17H12BrClN2O2S3. The van der Waals surface area contributed by atoms with Gasteiger partial charge in [0.1, 0.15) is 6.04 Å². The van der Waals surface area contributed by atoms with Gasteiger partial charge in [0.25, 0.3) is 10.0 Å². The second-order valence-corrected chi connectivity index (χ2v) is 11.3. The van der Waals surface area contributed by atoms with Crippen molar-refractivity contribution >= 4 is 65.9 Å². The molecule has 0 saturated heterocycles. The molecule has 0 aliphatic carbocycles. The molecule has 4 nitrogen and oxygen atoms in total. The molecule has 0 spiro atoms. The lowest BCUT2D eigenvalue weighted by molar-refractivity contribution is 0.375. The first-order valence-electron chi connectivity index (χ1n) is 7.62. The van der Waals surface area contributed by atoms with Crippen LogP contribution in [0.1, 0.15) is 22.2 Å². The molecule has 0 N–H and O–H groups in total. The minimum Gasteiger partial charge on any atom is -0.200 e. The van der Waals surface area contributed by atoms with E-state index in [1.165, 1.54) is 27.9 Å². The van der Waals surface area contributed by atoms with Crippen molar-refractivity contribution < 1.29 is 8.42 Å². The summed E-state index contributed by atoms with van der Waals surface area (Å²) in [5.74, 6) is 0. The number of rotatable bonds is 4. The highest BCUT2D eigenvalue weighted by Crippen LogP contribution is 2.41. The van der Waals surface area contributed by atoms with Crippen molar-refractivity contribution in [3.63, 3.8) is 0 Å². The summed E-state index contributed by atoms with van der Waals surface area (Å²) in [6.45, 7) is 0. The van der Waals surface area contributed by atoms with Gasteiger partial charge in [0.15, 0.2) is 0 Å². The van der Waals surface area contributed by atoms with E-state index in [4.69, 9.17) is 11.6 Å². The van der Waals surface area contributed by atoms with Crippen molar-refractivity contribution in [2.24, 2.45) is 5.10 Å². The van der Waals surface area contributed by atoms with Crippen molar-refractivity contribution in [1.82, 2.24) is 4.41 Å². The Bertz CT molecular complexity index is 1060. The maximum Gasteiger partial charge on any atom is 0.279 e. The Balaban J connectivity index is 1.79. The summed E-state index contributed by atoms with van der Waals surface area (Å²) in [6, 6.07) is 13.6. The van der Waals surface area contributed by atoms with Gasteiger partial charge in [0, 0.05) is 16.3 Å². The number of hydrogen-bond acceptors (Lipinski definition) is 5. The maximum atomic E-state index is 13.2. The van der Waals surface area contributed by atoms with Gasteiger partial charge >= 0.3 is 0 Å². The van der Waals surface area contributed by atoms with E-state index in [9.17, 15) is 8.42 Å². The normalized spacial score (nSPS) is 17.5. The maximum absolute atomic E-state index is 13.2. The molecule has 0 amide bonds. The van der Waals surface area contributed by atoms with Crippen molar-refractivity contribution in [2.45, 2.75) is 17.4 Å². The largest absolute Gasteiger partial charge is 0.279 e. The van der Waals surface area contributed by atoms with Crippen LogP contribution in [-0.2, 0) is 10.0 Å². The molecule has 0 radical (unpaired) electrons. The Hall–Kier alpha value is -1.19. The lowest BCUT2D eigenvalue weighted by atomic mass is 10.1. The molecule has 26 heavy (non-hydrogen) atoms. The summed E-state index contributed by atoms with van der Waals surface area (Å²) in [5, 5.41) is 6.95. The molecule has 9 heteroatoms. The molecule has 134 valence electrons. The molecule has 0 fully saturated rings. The van der Waals surface area contributed by atoms with E-state index < -0.39 is 10.0 Å². The molecule has 4 rings (SSSR count). The zero-order valence-electron chi connectivity index (χ0n) is 13.2. The third kappa shape index (κ3) is 3.36. The van der Waals surface area contributed by atoms with Crippen molar-refractivity contribution in [3.05, 3.63) is 72.5 Å².